The van der Waals surface area contributed by atoms with Gasteiger partial charge in [-0.2, -0.15) is 4.31 Å². The zero-order chi connectivity index (χ0) is 22.6. The van der Waals surface area contributed by atoms with Crippen LogP contribution in [0.15, 0.2) is 53.7 Å². The number of tetrazole rings is 1. The molecule has 0 aliphatic carbocycles. The van der Waals surface area contributed by atoms with Crippen molar-refractivity contribution in [1.82, 2.24) is 24.5 Å². The largest absolute Gasteiger partial charge is 0.495 e. The zero-order valence-electron chi connectivity index (χ0n) is 17.6. The van der Waals surface area contributed by atoms with E-state index in [2.05, 4.69) is 20.8 Å². The lowest BCUT2D eigenvalue weighted by atomic mass is 10.2. The Hall–Kier alpha value is -3.31. The van der Waals surface area contributed by atoms with Crippen LogP contribution in [0.3, 0.4) is 0 Å². The van der Waals surface area contributed by atoms with Gasteiger partial charge in [0.1, 0.15) is 12.1 Å². The highest BCUT2D eigenvalue weighted by Crippen LogP contribution is 2.30. The molecule has 1 saturated heterocycles. The third kappa shape index (κ3) is 4.63. The number of amides is 1. The maximum atomic E-state index is 13.2. The molecule has 1 aromatic heterocycles. The van der Waals surface area contributed by atoms with Crippen LogP contribution in [0.5, 0.6) is 5.75 Å². The maximum Gasteiger partial charge on any atom is 0.255 e. The highest BCUT2D eigenvalue weighted by Gasteiger charge is 2.26. The predicted molar refractivity (Wildman–Crippen MR) is 117 cm³/mol. The minimum Gasteiger partial charge on any atom is -0.495 e. The second-order valence-electron chi connectivity index (χ2n) is 7.44. The molecule has 1 N–H and O–H groups in total. The van der Waals surface area contributed by atoms with Gasteiger partial charge in [0, 0.05) is 18.7 Å². The molecule has 2 aromatic carbocycles. The van der Waals surface area contributed by atoms with Crippen LogP contribution in [0.2, 0.25) is 0 Å². The van der Waals surface area contributed by atoms with Gasteiger partial charge in [-0.25, -0.2) is 13.1 Å². The summed E-state index contributed by atoms with van der Waals surface area (Å²) in [5.41, 5.74) is 1.26. The topological polar surface area (TPSA) is 119 Å². The first-order valence-electron chi connectivity index (χ1n) is 10.3. The van der Waals surface area contributed by atoms with Crippen LogP contribution in [0.25, 0.3) is 5.69 Å². The molecule has 1 aliphatic rings. The molecule has 1 aliphatic heterocycles. The molecule has 0 atom stereocenters. The van der Waals surface area contributed by atoms with Crippen molar-refractivity contribution in [3.05, 3.63) is 54.4 Å². The van der Waals surface area contributed by atoms with Crippen molar-refractivity contribution in [3.63, 3.8) is 0 Å². The number of carbonyl (C=O) groups is 1. The third-order valence-corrected chi connectivity index (χ3v) is 7.24. The standard InChI is InChI=1S/C21H24N6O4S/c1-31-20-10-9-18(32(29,30)26-11-4-2-3-5-12-26)14-19(20)23-21(28)16-7-6-8-17(13-16)27-15-22-24-25-27/h6-10,13-15H,2-5,11-12H2,1H3,(H,23,28). The first-order valence-corrected chi connectivity index (χ1v) is 11.8. The Morgan fingerprint density at radius 3 is 2.53 bits per heavy atom. The van der Waals surface area contributed by atoms with Crippen molar-refractivity contribution < 1.29 is 17.9 Å². The molecule has 4 rings (SSSR count). The number of aromatic nitrogens is 4. The molecule has 11 heteroatoms. The molecule has 0 radical (unpaired) electrons. The number of hydrogen-bond acceptors (Lipinski definition) is 7. The van der Waals surface area contributed by atoms with E-state index in [1.807, 2.05) is 0 Å². The van der Waals surface area contributed by atoms with Crippen molar-refractivity contribution in [3.8, 4) is 11.4 Å². The zero-order valence-corrected chi connectivity index (χ0v) is 18.5. The van der Waals surface area contributed by atoms with E-state index in [0.717, 1.165) is 25.7 Å². The van der Waals surface area contributed by atoms with E-state index in [0.29, 0.717) is 30.1 Å². The number of carbonyl (C=O) groups excluding carboxylic acids is 1. The van der Waals surface area contributed by atoms with Gasteiger partial charge in [-0.15, -0.1) is 5.10 Å². The summed E-state index contributed by atoms with van der Waals surface area (Å²) in [5, 5.41) is 13.8. The Morgan fingerprint density at radius 1 is 1.06 bits per heavy atom. The molecule has 0 saturated carbocycles. The van der Waals surface area contributed by atoms with Gasteiger partial charge in [0.25, 0.3) is 5.91 Å². The predicted octanol–water partition coefficient (Wildman–Crippen LogP) is 2.49. The van der Waals surface area contributed by atoms with Crippen LogP contribution in [-0.4, -0.2) is 59.0 Å². The minimum absolute atomic E-state index is 0.123. The quantitative estimate of drug-likeness (QED) is 0.605. The lowest BCUT2D eigenvalue weighted by Crippen LogP contribution is -2.32. The second kappa shape index (κ2) is 9.45. The average molecular weight is 457 g/mol. The van der Waals surface area contributed by atoms with E-state index < -0.39 is 15.9 Å². The van der Waals surface area contributed by atoms with Crippen molar-refractivity contribution in [2.45, 2.75) is 30.6 Å². The first-order chi connectivity index (χ1) is 15.5. The summed E-state index contributed by atoms with van der Waals surface area (Å²) in [6.45, 7) is 1.000. The van der Waals surface area contributed by atoms with E-state index in [1.165, 1.54) is 34.6 Å². The summed E-state index contributed by atoms with van der Waals surface area (Å²) in [6.07, 6.45) is 5.17. The van der Waals surface area contributed by atoms with E-state index in [9.17, 15) is 13.2 Å². The van der Waals surface area contributed by atoms with E-state index in [-0.39, 0.29) is 10.6 Å². The molecular weight excluding hydrogens is 432 g/mol. The molecule has 1 fully saturated rings. The number of anilines is 1. The highest BCUT2D eigenvalue weighted by molar-refractivity contribution is 7.89. The minimum atomic E-state index is -3.67. The van der Waals surface area contributed by atoms with Crippen LogP contribution < -0.4 is 10.1 Å². The number of sulfonamides is 1. The SMILES string of the molecule is COc1ccc(S(=O)(=O)N2CCCCCC2)cc1NC(=O)c1cccc(-n2cnnn2)c1. The number of rotatable bonds is 6. The van der Waals surface area contributed by atoms with Crippen LogP contribution in [0.4, 0.5) is 5.69 Å². The Balaban J connectivity index is 1.61. The number of nitrogens with one attached hydrogen (secondary N) is 1. The van der Waals surface area contributed by atoms with Gasteiger partial charge >= 0.3 is 0 Å². The lowest BCUT2D eigenvalue weighted by Gasteiger charge is -2.21. The fraction of sp³-hybridized carbons (Fsp3) is 0.333. The molecule has 0 unspecified atom stereocenters. The summed E-state index contributed by atoms with van der Waals surface area (Å²) in [6, 6.07) is 11.3. The Kier molecular flexibility index (Phi) is 6.47. The summed E-state index contributed by atoms with van der Waals surface area (Å²) in [5.74, 6) is -0.0488. The van der Waals surface area contributed by atoms with Gasteiger partial charge in [0.05, 0.1) is 23.4 Å². The van der Waals surface area contributed by atoms with Crippen LogP contribution in [0, 0.1) is 0 Å². The number of ether oxygens (including phenoxy) is 1. The number of hydrogen-bond donors (Lipinski definition) is 1. The Bertz CT molecular complexity index is 1190. The third-order valence-electron chi connectivity index (χ3n) is 5.34. The van der Waals surface area contributed by atoms with Crippen LogP contribution >= 0.6 is 0 Å². The first kappa shape index (κ1) is 21.9. The van der Waals surface area contributed by atoms with E-state index in [4.69, 9.17) is 4.74 Å². The molecule has 168 valence electrons. The van der Waals surface area contributed by atoms with Crippen molar-refractivity contribution in [1.29, 1.82) is 0 Å². The maximum absolute atomic E-state index is 13.2. The lowest BCUT2D eigenvalue weighted by molar-refractivity contribution is 0.102. The number of nitrogens with zero attached hydrogens (tertiary/aromatic N) is 5. The summed E-state index contributed by atoms with van der Waals surface area (Å²) in [4.78, 5) is 13.0. The molecule has 3 aromatic rings. The highest BCUT2D eigenvalue weighted by atomic mass is 32.2. The molecule has 0 spiro atoms. The molecular formula is C21H24N6O4S. The monoisotopic (exact) mass is 456 g/mol. The van der Waals surface area contributed by atoms with Gasteiger partial charge in [-0.3, -0.25) is 4.79 Å². The smallest absolute Gasteiger partial charge is 0.255 e. The van der Waals surface area contributed by atoms with E-state index in [1.54, 1.807) is 30.3 Å². The normalized spacial score (nSPS) is 15.2. The van der Waals surface area contributed by atoms with Crippen molar-refractivity contribution >= 4 is 21.6 Å². The Morgan fingerprint density at radius 2 is 1.84 bits per heavy atom. The van der Waals surface area contributed by atoms with Gasteiger partial charge in [-0.05, 0) is 59.7 Å². The fourth-order valence-electron chi connectivity index (χ4n) is 3.64. The summed E-state index contributed by atoms with van der Waals surface area (Å²) >= 11 is 0. The van der Waals surface area contributed by atoms with Gasteiger partial charge in [0.15, 0.2) is 0 Å². The van der Waals surface area contributed by atoms with Gasteiger partial charge in [-0.1, -0.05) is 18.9 Å². The molecule has 32 heavy (non-hydrogen) atoms. The second-order valence-corrected chi connectivity index (χ2v) is 9.38. The van der Waals surface area contributed by atoms with Crippen LogP contribution in [0.1, 0.15) is 36.0 Å². The molecule has 1 amide bonds. The van der Waals surface area contributed by atoms with Gasteiger partial charge < -0.3 is 10.1 Å². The van der Waals surface area contributed by atoms with E-state index >= 15 is 0 Å². The van der Waals surface area contributed by atoms with Crippen molar-refractivity contribution in [2.75, 3.05) is 25.5 Å². The Labute approximate surface area is 186 Å². The molecule has 10 nitrogen and oxygen atoms in total. The van der Waals surface area contributed by atoms with Crippen molar-refractivity contribution in [2.24, 2.45) is 0 Å². The molecule has 0 bridgehead atoms. The molecule has 2 heterocycles. The van der Waals surface area contributed by atoms with Gasteiger partial charge in [0.2, 0.25) is 10.0 Å². The summed E-state index contributed by atoms with van der Waals surface area (Å²) in [7, 11) is -2.20. The number of benzene rings is 2. The number of methoxy groups -OCH3 is 1. The van der Waals surface area contributed by atoms with Crippen LogP contribution in [-0.2, 0) is 10.0 Å². The summed E-state index contributed by atoms with van der Waals surface area (Å²) < 4.78 is 34.6. The average Bonchev–Trinajstić information content (AvgIpc) is 3.21. The fourth-order valence-corrected chi connectivity index (χ4v) is 5.18.